The summed E-state index contributed by atoms with van der Waals surface area (Å²) in [7, 11) is 0. The van der Waals surface area contributed by atoms with Crippen LogP contribution in [0.3, 0.4) is 0 Å². The molecule has 1 aromatic carbocycles. The molecular formula is C13H21NS. The highest BCUT2D eigenvalue weighted by Gasteiger charge is 2.10. The fourth-order valence-corrected chi connectivity index (χ4v) is 2.07. The van der Waals surface area contributed by atoms with Crippen molar-refractivity contribution in [2.75, 3.05) is 11.6 Å². The summed E-state index contributed by atoms with van der Waals surface area (Å²) in [5.74, 6) is 0.708. The molecule has 0 amide bonds. The van der Waals surface area contributed by atoms with Crippen molar-refractivity contribution in [2.45, 2.75) is 38.1 Å². The molecule has 0 aliphatic heterocycles. The number of hydrogen-bond donors (Lipinski definition) is 1. The summed E-state index contributed by atoms with van der Waals surface area (Å²) in [5.41, 5.74) is 1.26. The van der Waals surface area contributed by atoms with Crippen LogP contribution in [0, 0.1) is 5.92 Å². The van der Waals surface area contributed by atoms with Crippen molar-refractivity contribution in [1.29, 1.82) is 0 Å². The van der Waals surface area contributed by atoms with Crippen molar-refractivity contribution >= 4 is 17.4 Å². The van der Waals surface area contributed by atoms with E-state index in [1.54, 1.807) is 11.8 Å². The number of para-hydroxylation sites is 1. The Labute approximate surface area is 97.7 Å². The number of rotatable bonds is 5. The van der Waals surface area contributed by atoms with Crippen molar-refractivity contribution in [3.63, 3.8) is 0 Å². The number of thioether (sulfide) groups is 1. The average molecular weight is 223 g/mol. The molecule has 0 aliphatic carbocycles. The molecule has 1 aromatic rings. The van der Waals surface area contributed by atoms with Crippen LogP contribution in [-0.4, -0.2) is 12.3 Å². The maximum atomic E-state index is 3.59. The standard InChI is InChI=1S/C13H21NS/c1-5-10(2)11(3)14-12-8-6-7-9-13(12)15-4/h6-11,14H,5H2,1-4H3/t10-,11+/m1/s1. The minimum absolute atomic E-state index is 0.531. The zero-order valence-corrected chi connectivity index (χ0v) is 10.9. The first-order valence-electron chi connectivity index (χ1n) is 5.58. The summed E-state index contributed by atoms with van der Waals surface area (Å²) < 4.78 is 0. The molecule has 0 radical (unpaired) electrons. The number of anilines is 1. The van der Waals surface area contributed by atoms with Gasteiger partial charge in [-0.1, -0.05) is 32.4 Å². The number of benzene rings is 1. The van der Waals surface area contributed by atoms with Crippen molar-refractivity contribution in [3.05, 3.63) is 24.3 Å². The summed E-state index contributed by atoms with van der Waals surface area (Å²) >= 11 is 1.79. The second-order valence-corrected chi connectivity index (χ2v) is 4.87. The third-order valence-electron chi connectivity index (χ3n) is 2.99. The van der Waals surface area contributed by atoms with Crippen molar-refractivity contribution < 1.29 is 0 Å². The van der Waals surface area contributed by atoms with E-state index in [1.807, 2.05) is 0 Å². The van der Waals surface area contributed by atoms with Crippen LogP contribution in [0.15, 0.2) is 29.2 Å². The lowest BCUT2D eigenvalue weighted by molar-refractivity contribution is 0.494. The lowest BCUT2D eigenvalue weighted by atomic mass is 10.0. The topological polar surface area (TPSA) is 12.0 Å². The third-order valence-corrected chi connectivity index (χ3v) is 3.78. The molecular weight excluding hydrogens is 202 g/mol. The van der Waals surface area contributed by atoms with E-state index >= 15 is 0 Å². The Morgan fingerprint density at radius 3 is 2.53 bits per heavy atom. The van der Waals surface area contributed by atoms with Crippen LogP contribution in [0.25, 0.3) is 0 Å². The van der Waals surface area contributed by atoms with Gasteiger partial charge >= 0.3 is 0 Å². The second-order valence-electron chi connectivity index (χ2n) is 4.02. The lowest BCUT2D eigenvalue weighted by Crippen LogP contribution is -2.23. The molecule has 1 rings (SSSR count). The zero-order chi connectivity index (χ0) is 11.3. The predicted octanol–water partition coefficient (Wildman–Crippen LogP) is 4.26. The van der Waals surface area contributed by atoms with Crippen LogP contribution >= 0.6 is 11.8 Å². The normalized spacial score (nSPS) is 14.7. The highest BCUT2D eigenvalue weighted by molar-refractivity contribution is 7.98. The summed E-state index contributed by atoms with van der Waals surface area (Å²) in [5, 5.41) is 3.59. The molecule has 0 saturated carbocycles. The van der Waals surface area contributed by atoms with E-state index < -0.39 is 0 Å². The van der Waals surface area contributed by atoms with E-state index in [4.69, 9.17) is 0 Å². The minimum atomic E-state index is 0.531. The fourth-order valence-electron chi connectivity index (χ4n) is 1.50. The van der Waals surface area contributed by atoms with Gasteiger partial charge < -0.3 is 5.32 Å². The van der Waals surface area contributed by atoms with Crippen LogP contribution in [0.4, 0.5) is 5.69 Å². The molecule has 0 fully saturated rings. The molecule has 1 N–H and O–H groups in total. The first-order valence-corrected chi connectivity index (χ1v) is 6.81. The van der Waals surface area contributed by atoms with E-state index in [9.17, 15) is 0 Å². The van der Waals surface area contributed by atoms with Crippen LogP contribution < -0.4 is 5.32 Å². The highest BCUT2D eigenvalue weighted by atomic mass is 32.2. The van der Waals surface area contributed by atoms with Gasteiger partial charge in [0.05, 0.1) is 0 Å². The molecule has 0 aromatic heterocycles. The molecule has 0 heterocycles. The molecule has 1 nitrogen and oxygen atoms in total. The Bertz CT molecular complexity index is 298. The molecule has 15 heavy (non-hydrogen) atoms. The number of hydrogen-bond acceptors (Lipinski definition) is 2. The summed E-state index contributed by atoms with van der Waals surface area (Å²) in [6.45, 7) is 6.79. The zero-order valence-electron chi connectivity index (χ0n) is 10.1. The molecule has 2 heteroatoms. The Hall–Kier alpha value is -0.630. The molecule has 2 atom stereocenters. The SMILES string of the molecule is CC[C@@H](C)[C@H](C)Nc1ccccc1SC. The molecule has 0 saturated heterocycles. The van der Waals surface area contributed by atoms with Crippen molar-refractivity contribution in [1.82, 2.24) is 0 Å². The third kappa shape index (κ3) is 3.45. The smallest absolute Gasteiger partial charge is 0.0480 e. The van der Waals surface area contributed by atoms with Gasteiger partial charge in [0.15, 0.2) is 0 Å². The highest BCUT2D eigenvalue weighted by Crippen LogP contribution is 2.26. The lowest BCUT2D eigenvalue weighted by Gasteiger charge is -2.22. The molecule has 0 spiro atoms. The van der Waals surface area contributed by atoms with Gasteiger partial charge in [0.2, 0.25) is 0 Å². The van der Waals surface area contributed by atoms with Gasteiger partial charge in [0.25, 0.3) is 0 Å². The van der Waals surface area contributed by atoms with Gasteiger partial charge in [-0.15, -0.1) is 11.8 Å². The minimum Gasteiger partial charge on any atom is -0.381 e. The first-order chi connectivity index (χ1) is 7.19. The number of nitrogens with one attached hydrogen (secondary N) is 1. The molecule has 0 aliphatic rings. The predicted molar refractivity (Wildman–Crippen MR) is 70.8 cm³/mol. The molecule has 0 bridgehead atoms. The van der Waals surface area contributed by atoms with Gasteiger partial charge in [0.1, 0.15) is 0 Å². The summed E-state index contributed by atoms with van der Waals surface area (Å²) in [6, 6.07) is 9.03. The summed E-state index contributed by atoms with van der Waals surface area (Å²) in [4.78, 5) is 1.33. The van der Waals surface area contributed by atoms with Gasteiger partial charge in [-0.05, 0) is 31.2 Å². The molecule has 0 unspecified atom stereocenters. The monoisotopic (exact) mass is 223 g/mol. The van der Waals surface area contributed by atoms with E-state index in [-0.39, 0.29) is 0 Å². The van der Waals surface area contributed by atoms with E-state index in [0.717, 1.165) is 0 Å². The van der Waals surface area contributed by atoms with Crippen LogP contribution in [-0.2, 0) is 0 Å². The van der Waals surface area contributed by atoms with Gasteiger partial charge in [0, 0.05) is 16.6 Å². The van der Waals surface area contributed by atoms with Crippen LogP contribution in [0.5, 0.6) is 0 Å². The fraction of sp³-hybridized carbons (Fsp3) is 0.538. The molecule has 84 valence electrons. The van der Waals surface area contributed by atoms with Crippen molar-refractivity contribution in [2.24, 2.45) is 5.92 Å². The van der Waals surface area contributed by atoms with Gasteiger partial charge in [-0.3, -0.25) is 0 Å². The Morgan fingerprint density at radius 2 is 1.93 bits per heavy atom. The quantitative estimate of drug-likeness (QED) is 0.749. The first kappa shape index (κ1) is 12.4. The Balaban J connectivity index is 2.71. The second kappa shape index (κ2) is 6.06. The van der Waals surface area contributed by atoms with Crippen molar-refractivity contribution in [3.8, 4) is 0 Å². The van der Waals surface area contributed by atoms with E-state index in [0.29, 0.717) is 12.0 Å². The van der Waals surface area contributed by atoms with Crippen LogP contribution in [0.2, 0.25) is 0 Å². The van der Waals surface area contributed by atoms with Crippen LogP contribution in [0.1, 0.15) is 27.2 Å². The largest absolute Gasteiger partial charge is 0.381 e. The maximum Gasteiger partial charge on any atom is 0.0480 e. The van der Waals surface area contributed by atoms with E-state index in [2.05, 4.69) is 56.6 Å². The Morgan fingerprint density at radius 1 is 1.27 bits per heavy atom. The van der Waals surface area contributed by atoms with E-state index in [1.165, 1.54) is 17.0 Å². The summed E-state index contributed by atoms with van der Waals surface area (Å²) in [6.07, 6.45) is 3.34. The van der Waals surface area contributed by atoms with Gasteiger partial charge in [-0.25, -0.2) is 0 Å². The average Bonchev–Trinajstić information content (AvgIpc) is 2.28. The van der Waals surface area contributed by atoms with Gasteiger partial charge in [-0.2, -0.15) is 0 Å². The Kier molecular flexibility index (Phi) is 5.03. The maximum absolute atomic E-state index is 3.59.